The summed E-state index contributed by atoms with van der Waals surface area (Å²) in [5.41, 5.74) is 1.11. The summed E-state index contributed by atoms with van der Waals surface area (Å²) >= 11 is 11.9. The second-order valence-electron chi connectivity index (χ2n) is 7.73. The largest absolute Gasteiger partial charge is 0.394 e. The van der Waals surface area contributed by atoms with Crippen molar-refractivity contribution >= 4 is 45.6 Å². The normalized spacial score (nSPS) is 12.3. The molecule has 0 spiro atoms. The number of halogens is 2. The molecule has 0 bridgehead atoms. The number of pyridine rings is 1. The Balaban J connectivity index is 1.88. The molecule has 0 saturated heterocycles. The minimum Gasteiger partial charge on any atom is -0.394 e. The number of carbonyl (C=O) groups excluding carboxylic acids is 1. The molecular weight excluding hydrogens is 423 g/mol. The van der Waals surface area contributed by atoms with Crippen molar-refractivity contribution in [3.8, 4) is 0 Å². The Morgan fingerprint density at radius 1 is 1.10 bits per heavy atom. The van der Waals surface area contributed by atoms with Gasteiger partial charge in [-0.05, 0) is 48.2 Å². The van der Waals surface area contributed by atoms with Crippen LogP contribution in [0.2, 0.25) is 10.0 Å². The van der Waals surface area contributed by atoms with Gasteiger partial charge in [0.15, 0.2) is 0 Å². The van der Waals surface area contributed by atoms with Crippen LogP contribution in [0, 0.1) is 5.92 Å². The summed E-state index contributed by atoms with van der Waals surface area (Å²) in [6, 6.07) is 11.8. The highest BCUT2D eigenvalue weighted by molar-refractivity contribution is 6.42. The van der Waals surface area contributed by atoms with Crippen LogP contribution in [0.5, 0.6) is 0 Å². The molecule has 1 aromatic heterocycles. The van der Waals surface area contributed by atoms with Crippen molar-refractivity contribution in [1.29, 1.82) is 0 Å². The molecule has 0 aliphatic carbocycles. The van der Waals surface area contributed by atoms with Crippen LogP contribution in [0.25, 0.3) is 10.8 Å². The number of hydrogen-bond donors (Lipinski definition) is 2. The fourth-order valence-corrected chi connectivity index (χ4v) is 3.86. The van der Waals surface area contributed by atoms with Crippen LogP contribution in [-0.4, -0.2) is 22.2 Å². The zero-order chi connectivity index (χ0) is 21.8. The van der Waals surface area contributed by atoms with Crippen LogP contribution in [0.1, 0.15) is 31.9 Å². The van der Waals surface area contributed by atoms with Gasteiger partial charge in [-0.3, -0.25) is 9.59 Å². The predicted molar refractivity (Wildman–Crippen MR) is 123 cm³/mol. The highest BCUT2D eigenvalue weighted by Gasteiger charge is 2.16. The van der Waals surface area contributed by atoms with Crippen LogP contribution >= 0.6 is 23.2 Å². The molecular formula is C23H24Cl2N2O3. The molecule has 30 heavy (non-hydrogen) atoms. The van der Waals surface area contributed by atoms with E-state index in [1.165, 1.54) is 0 Å². The molecule has 0 radical (unpaired) electrons. The van der Waals surface area contributed by atoms with E-state index in [0.29, 0.717) is 38.8 Å². The molecule has 0 unspecified atom stereocenters. The minimum absolute atomic E-state index is 0.107. The minimum atomic E-state index is -0.283. The third kappa shape index (κ3) is 5.04. The lowest BCUT2D eigenvalue weighted by Gasteiger charge is -2.20. The number of hydrogen-bond acceptors (Lipinski definition) is 3. The summed E-state index contributed by atoms with van der Waals surface area (Å²) in [5, 5.41) is 14.6. The van der Waals surface area contributed by atoms with Crippen LogP contribution < -0.4 is 10.9 Å². The highest BCUT2D eigenvalue weighted by Crippen LogP contribution is 2.25. The first kappa shape index (κ1) is 22.3. The number of fused-ring (bicyclic) bond motifs is 1. The maximum atomic E-state index is 13.0. The van der Waals surface area contributed by atoms with Gasteiger partial charge in [0.2, 0.25) is 5.91 Å². The summed E-state index contributed by atoms with van der Waals surface area (Å²) in [6.07, 6.45) is 2.51. The van der Waals surface area contributed by atoms with E-state index < -0.39 is 0 Å². The third-order valence-corrected chi connectivity index (χ3v) is 5.68. The van der Waals surface area contributed by atoms with Crippen LogP contribution in [-0.2, 0) is 11.2 Å². The molecule has 5 nitrogen and oxygen atoms in total. The van der Waals surface area contributed by atoms with Crippen molar-refractivity contribution in [2.24, 2.45) is 5.92 Å². The number of carbonyl (C=O) groups is 1. The lowest BCUT2D eigenvalue weighted by atomic mass is 10.0. The lowest BCUT2D eigenvalue weighted by Crippen LogP contribution is -2.27. The van der Waals surface area contributed by atoms with Gasteiger partial charge in [-0.25, -0.2) is 0 Å². The first-order valence-electron chi connectivity index (χ1n) is 9.78. The van der Waals surface area contributed by atoms with Gasteiger partial charge in [-0.2, -0.15) is 0 Å². The number of nitrogens with one attached hydrogen (secondary N) is 1. The summed E-state index contributed by atoms with van der Waals surface area (Å²) in [6.45, 7) is 4.00. The molecule has 1 heterocycles. The fourth-order valence-electron chi connectivity index (χ4n) is 3.54. The van der Waals surface area contributed by atoms with E-state index in [0.717, 1.165) is 5.56 Å². The maximum Gasteiger partial charge on any atom is 0.258 e. The SMILES string of the molecule is CC(C)C[C@H](CO)n1ccc2c(NC(=O)Cc3ccc(Cl)c(Cl)c3)cccc2c1=O. The van der Waals surface area contributed by atoms with Crippen LogP contribution in [0.4, 0.5) is 5.69 Å². The molecule has 3 rings (SSSR count). The van der Waals surface area contributed by atoms with Crippen LogP contribution in [0.15, 0.2) is 53.5 Å². The molecule has 158 valence electrons. The first-order chi connectivity index (χ1) is 14.3. The second-order valence-corrected chi connectivity index (χ2v) is 8.55. The van der Waals surface area contributed by atoms with E-state index in [2.05, 4.69) is 19.2 Å². The highest BCUT2D eigenvalue weighted by atomic mass is 35.5. The number of aromatic nitrogens is 1. The molecule has 3 aromatic rings. The Hall–Kier alpha value is -2.34. The van der Waals surface area contributed by atoms with Gasteiger partial charge in [0.05, 0.1) is 29.1 Å². The van der Waals surface area contributed by atoms with E-state index in [9.17, 15) is 14.7 Å². The van der Waals surface area contributed by atoms with Crippen molar-refractivity contribution in [3.05, 3.63) is 74.6 Å². The third-order valence-electron chi connectivity index (χ3n) is 4.94. The Morgan fingerprint density at radius 2 is 1.87 bits per heavy atom. The molecule has 2 aromatic carbocycles. The summed E-state index contributed by atoms with van der Waals surface area (Å²) in [5.74, 6) is 0.120. The molecule has 2 N–H and O–H groups in total. The Morgan fingerprint density at radius 3 is 2.53 bits per heavy atom. The van der Waals surface area contributed by atoms with Crippen LogP contribution in [0.3, 0.4) is 0 Å². The van der Waals surface area contributed by atoms with Crippen molar-refractivity contribution in [3.63, 3.8) is 0 Å². The lowest BCUT2D eigenvalue weighted by molar-refractivity contribution is -0.115. The van der Waals surface area contributed by atoms with E-state index in [1.807, 2.05) is 0 Å². The Kier molecular flexibility index (Phi) is 7.19. The predicted octanol–water partition coefficient (Wildman–Crippen LogP) is 5.07. The second kappa shape index (κ2) is 9.65. The van der Waals surface area contributed by atoms with Gasteiger partial charge < -0.3 is 15.0 Å². The number of benzene rings is 2. The number of amides is 1. The molecule has 1 atom stereocenters. The molecule has 7 heteroatoms. The van der Waals surface area contributed by atoms with Crippen molar-refractivity contribution in [1.82, 2.24) is 4.57 Å². The van der Waals surface area contributed by atoms with Crippen molar-refractivity contribution < 1.29 is 9.90 Å². The molecule has 0 saturated carbocycles. The molecule has 1 amide bonds. The van der Waals surface area contributed by atoms with E-state index in [-0.39, 0.29) is 30.5 Å². The molecule has 0 aliphatic rings. The van der Waals surface area contributed by atoms with Crippen molar-refractivity contribution in [2.75, 3.05) is 11.9 Å². The van der Waals surface area contributed by atoms with Gasteiger partial charge in [0, 0.05) is 22.7 Å². The average Bonchev–Trinajstić information content (AvgIpc) is 2.70. The van der Waals surface area contributed by atoms with E-state index >= 15 is 0 Å². The number of rotatable bonds is 7. The fraction of sp³-hybridized carbons (Fsp3) is 0.304. The summed E-state index contributed by atoms with van der Waals surface area (Å²) in [4.78, 5) is 25.6. The number of aliphatic hydroxyl groups is 1. The number of nitrogens with zero attached hydrogens (tertiary/aromatic N) is 1. The van der Waals surface area contributed by atoms with Gasteiger partial charge in [0.25, 0.3) is 5.56 Å². The van der Waals surface area contributed by atoms with E-state index in [4.69, 9.17) is 23.2 Å². The zero-order valence-corrected chi connectivity index (χ0v) is 18.4. The topological polar surface area (TPSA) is 71.3 Å². The van der Waals surface area contributed by atoms with Gasteiger partial charge in [0.1, 0.15) is 0 Å². The smallest absolute Gasteiger partial charge is 0.258 e. The molecule has 0 aliphatic heterocycles. The molecule has 0 fully saturated rings. The summed E-state index contributed by atoms with van der Waals surface area (Å²) < 4.78 is 1.57. The summed E-state index contributed by atoms with van der Waals surface area (Å²) in [7, 11) is 0. The quantitative estimate of drug-likeness (QED) is 0.531. The number of aliphatic hydroxyl groups excluding tert-OH is 1. The Bertz CT molecular complexity index is 1130. The zero-order valence-electron chi connectivity index (χ0n) is 16.9. The van der Waals surface area contributed by atoms with Gasteiger partial charge in [-0.15, -0.1) is 0 Å². The van der Waals surface area contributed by atoms with Gasteiger partial charge in [-0.1, -0.05) is 49.2 Å². The van der Waals surface area contributed by atoms with E-state index in [1.54, 1.807) is 53.2 Å². The average molecular weight is 447 g/mol. The number of anilines is 1. The monoisotopic (exact) mass is 446 g/mol. The van der Waals surface area contributed by atoms with Gasteiger partial charge >= 0.3 is 0 Å². The van der Waals surface area contributed by atoms with Crippen molar-refractivity contribution in [2.45, 2.75) is 32.7 Å². The standard InChI is InChI=1S/C23H24Cl2N2O3/c1-14(2)10-16(13-28)27-9-8-17-18(23(27)30)4-3-5-21(17)26-22(29)12-15-6-7-19(24)20(25)11-15/h3-9,11,14,16,28H,10,12-13H2,1-2H3,(H,26,29)/t16-/m1/s1. The first-order valence-corrected chi connectivity index (χ1v) is 10.5. The maximum absolute atomic E-state index is 13.0. The Labute approximate surface area is 185 Å².